The lowest BCUT2D eigenvalue weighted by Crippen LogP contribution is -2.36. The second kappa shape index (κ2) is 5.28. The van der Waals surface area contributed by atoms with E-state index in [1.54, 1.807) is 6.20 Å². The van der Waals surface area contributed by atoms with Crippen LogP contribution < -0.4 is 5.73 Å². The number of nitrogens with two attached hydrogens (primary N) is 1. The quantitative estimate of drug-likeness (QED) is 0.850. The molecule has 0 radical (unpaired) electrons. The van der Waals surface area contributed by atoms with E-state index < -0.39 is 0 Å². The summed E-state index contributed by atoms with van der Waals surface area (Å²) in [6.07, 6.45) is 5.84. The third-order valence-electron chi connectivity index (χ3n) is 3.90. The van der Waals surface area contributed by atoms with Crippen LogP contribution >= 0.6 is 0 Å². The summed E-state index contributed by atoms with van der Waals surface area (Å²) < 4.78 is 7.47. The number of aromatic nitrogens is 2. The summed E-state index contributed by atoms with van der Waals surface area (Å²) in [6, 6.07) is 0. The van der Waals surface area contributed by atoms with Crippen molar-refractivity contribution in [2.75, 3.05) is 32.0 Å². The van der Waals surface area contributed by atoms with Crippen molar-refractivity contribution in [2.45, 2.75) is 32.4 Å². The fraction of sp³-hybridized carbons (Fsp3) is 0.769. The van der Waals surface area contributed by atoms with Crippen LogP contribution in [0.3, 0.4) is 0 Å². The highest BCUT2D eigenvalue weighted by Gasteiger charge is 2.22. The summed E-state index contributed by atoms with van der Waals surface area (Å²) in [5.41, 5.74) is 8.05. The van der Waals surface area contributed by atoms with Crippen molar-refractivity contribution in [1.82, 2.24) is 14.7 Å². The number of rotatable bonds is 5. The van der Waals surface area contributed by atoms with Gasteiger partial charge in [-0.15, -0.1) is 0 Å². The first-order chi connectivity index (χ1) is 8.83. The van der Waals surface area contributed by atoms with E-state index in [1.165, 1.54) is 25.0 Å². The molecule has 0 unspecified atom stereocenters. The number of aryl methyl sites for hydroxylation is 1. The lowest BCUT2D eigenvalue weighted by atomic mass is 10.2. The molecule has 1 aliphatic carbocycles. The van der Waals surface area contributed by atoms with Gasteiger partial charge in [-0.2, -0.15) is 5.10 Å². The summed E-state index contributed by atoms with van der Waals surface area (Å²) in [5, 5.41) is 4.41. The van der Waals surface area contributed by atoms with Gasteiger partial charge in [-0.25, -0.2) is 0 Å². The molecule has 5 nitrogen and oxygen atoms in total. The van der Waals surface area contributed by atoms with Crippen molar-refractivity contribution >= 4 is 5.69 Å². The number of hydrogen-bond acceptors (Lipinski definition) is 4. The maximum Gasteiger partial charge on any atom is 0.0753 e. The Morgan fingerprint density at radius 1 is 1.33 bits per heavy atom. The van der Waals surface area contributed by atoms with Crippen LogP contribution in [0.5, 0.6) is 0 Å². The fourth-order valence-corrected chi connectivity index (χ4v) is 2.47. The highest BCUT2D eigenvalue weighted by atomic mass is 16.5. The minimum atomic E-state index is 0.829. The van der Waals surface area contributed by atoms with Crippen LogP contribution in [0, 0.1) is 5.92 Å². The molecule has 1 aliphatic heterocycles. The van der Waals surface area contributed by atoms with Crippen LogP contribution in [-0.2, 0) is 17.8 Å². The molecular formula is C13H22N4O. The van der Waals surface area contributed by atoms with Gasteiger partial charge in [-0.05, 0) is 12.3 Å². The van der Waals surface area contributed by atoms with Crippen molar-refractivity contribution < 1.29 is 4.74 Å². The Bertz CT molecular complexity index is 394. The molecule has 1 aromatic heterocycles. The Balaban J connectivity index is 1.62. The maximum absolute atomic E-state index is 6.04. The molecule has 0 atom stereocenters. The average Bonchev–Trinajstić information content (AvgIpc) is 3.16. The van der Waals surface area contributed by atoms with E-state index in [4.69, 9.17) is 10.5 Å². The third-order valence-corrected chi connectivity index (χ3v) is 3.90. The molecule has 5 heteroatoms. The van der Waals surface area contributed by atoms with Crippen LogP contribution in [0.1, 0.15) is 25.0 Å². The largest absolute Gasteiger partial charge is 0.396 e. The van der Waals surface area contributed by atoms with Crippen LogP contribution in [0.15, 0.2) is 6.20 Å². The van der Waals surface area contributed by atoms with Gasteiger partial charge in [0.25, 0.3) is 0 Å². The normalized spacial score (nSPS) is 21.3. The predicted molar refractivity (Wildman–Crippen MR) is 70.1 cm³/mol. The maximum atomic E-state index is 6.04. The molecule has 1 aromatic rings. The smallest absolute Gasteiger partial charge is 0.0753 e. The number of anilines is 1. The molecule has 2 N–H and O–H groups in total. The molecule has 0 spiro atoms. The molecule has 3 rings (SSSR count). The van der Waals surface area contributed by atoms with Gasteiger partial charge in [-0.3, -0.25) is 9.58 Å². The second-order valence-electron chi connectivity index (χ2n) is 5.39. The first-order valence-electron chi connectivity index (χ1n) is 6.93. The average molecular weight is 250 g/mol. The Labute approximate surface area is 108 Å². The van der Waals surface area contributed by atoms with Gasteiger partial charge in [0.1, 0.15) is 0 Å². The summed E-state index contributed by atoms with van der Waals surface area (Å²) >= 11 is 0. The summed E-state index contributed by atoms with van der Waals surface area (Å²) in [4.78, 5) is 2.39. The summed E-state index contributed by atoms with van der Waals surface area (Å²) in [7, 11) is 0. The zero-order valence-corrected chi connectivity index (χ0v) is 10.8. The Kier molecular flexibility index (Phi) is 3.52. The highest BCUT2D eigenvalue weighted by Crippen LogP contribution is 2.33. The van der Waals surface area contributed by atoms with Crippen molar-refractivity contribution in [3.8, 4) is 0 Å². The van der Waals surface area contributed by atoms with Crippen LogP contribution in [0.2, 0.25) is 0 Å². The van der Waals surface area contributed by atoms with Crippen molar-refractivity contribution in [2.24, 2.45) is 5.92 Å². The molecular weight excluding hydrogens is 228 g/mol. The number of hydrogen-bond donors (Lipinski definition) is 1. The monoisotopic (exact) mass is 250 g/mol. The van der Waals surface area contributed by atoms with E-state index >= 15 is 0 Å². The van der Waals surface area contributed by atoms with E-state index in [1.807, 2.05) is 0 Å². The second-order valence-corrected chi connectivity index (χ2v) is 5.39. The minimum Gasteiger partial charge on any atom is -0.396 e. The standard InChI is InChI=1S/C13H22N4O/c14-12-9-15-17(4-3-11-1-2-11)13(12)10-16-5-7-18-8-6-16/h9,11H,1-8,10,14H2. The minimum absolute atomic E-state index is 0.829. The van der Waals surface area contributed by atoms with Crippen molar-refractivity contribution in [3.63, 3.8) is 0 Å². The molecule has 1 saturated heterocycles. The third kappa shape index (κ3) is 2.84. The molecule has 0 bridgehead atoms. The molecule has 18 heavy (non-hydrogen) atoms. The number of nitrogens with zero attached hydrogens (tertiary/aromatic N) is 3. The topological polar surface area (TPSA) is 56.3 Å². The van der Waals surface area contributed by atoms with E-state index in [-0.39, 0.29) is 0 Å². The Morgan fingerprint density at radius 2 is 2.11 bits per heavy atom. The van der Waals surface area contributed by atoms with Gasteiger partial charge in [0.15, 0.2) is 0 Å². The highest BCUT2D eigenvalue weighted by molar-refractivity contribution is 5.40. The molecule has 2 fully saturated rings. The predicted octanol–water partition coefficient (Wildman–Crippen LogP) is 1.10. The fourth-order valence-electron chi connectivity index (χ4n) is 2.47. The van der Waals surface area contributed by atoms with E-state index in [2.05, 4.69) is 14.7 Å². The molecule has 100 valence electrons. The SMILES string of the molecule is Nc1cnn(CCC2CC2)c1CN1CCOCC1. The van der Waals surface area contributed by atoms with Gasteiger partial charge in [-0.1, -0.05) is 12.8 Å². The van der Waals surface area contributed by atoms with Gasteiger partial charge in [0, 0.05) is 26.2 Å². The Morgan fingerprint density at radius 3 is 2.83 bits per heavy atom. The first-order valence-corrected chi connectivity index (χ1v) is 6.93. The van der Waals surface area contributed by atoms with E-state index in [0.29, 0.717) is 0 Å². The van der Waals surface area contributed by atoms with Gasteiger partial charge < -0.3 is 10.5 Å². The zero-order valence-electron chi connectivity index (χ0n) is 10.8. The van der Waals surface area contributed by atoms with Crippen molar-refractivity contribution in [3.05, 3.63) is 11.9 Å². The lowest BCUT2D eigenvalue weighted by molar-refractivity contribution is 0.0331. The van der Waals surface area contributed by atoms with E-state index in [0.717, 1.165) is 51.0 Å². The van der Waals surface area contributed by atoms with Gasteiger partial charge in [0.05, 0.1) is 30.8 Å². The number of morpholine rings is 1. The molecule has 1 saturated carbocycles. The van der Waals surface area contributed by atoms with Gasteiger partial charge >= 0.3 is 0 Å². The van der Waals surface area contributed by atoms with E-state index in [9.17, 15) is 0 Å². The van der Waals surface area contributed by atoms with Gasteiger partial charge in [0.2, 0.25) is 0 Å². The molecule has 2 heterocycles. The van der Waals surface area contributed by atoms with Crippen molar-refractivity contribution in [1.29, 1.82) is 0 Å². The van der Waals surface area contributed by atoms with Crippen LogP contribution in [0.25, 0.3) is 0 Å². The number of nitrogen functional groups attached to an aromatic ring is 1. The number of ether oxygens (including phenoxy) is 1. The molecule has 2 aliphatic rings. The summed E-state index contributed by atoms with van der Waals surface area (Å²) in [5.74, 6) is 0.937. The van der Waals surface area contributed by atoms with Crippen LogP contribution in [0.4, 0.5) is 5.69 Å². The summed E-state index contributed by atoms with van der Waals surface area (Å²) in [6.45, 7) is 5.56. The molecule has 0 aromatic carbocycles. The zero-order chi connectivity index (χ0) is 12.4. The lowest BCUT2D eigenvalue weighted by Gasteiger charge is -2.26. The Hall–Kier alpha value is -1.07. The molecule has 0 amide bonds. The van der Waals surface area contributed by atoms with Crippen LogP contribution in [-0.4, -0.2) is 41.0 Å². The first kappa shape index (κ1) is 12.0.